The van der Waals surface area contributed by atoms with Gasteiger partial charge in [-0.1, -0.05) is 0 Å². The van der Waals surface area contributed by atoms with Crippen LogP contribution in [0.25, 0.3) is 10.9 Å². The first-order valence-electron chi connectivity index (χ1n) is 4.82. The molecule has 2 heterocycles. The summed E-state index contributed by atoms with van der Waals surface area (Å²) in [5.41, 5.74) is 3.26. The molecule has 0 radical (unpaired) electrons. The Morgan fingerprint density at radius 3 is 3.13 bits per heavy atom. The number of benzene rings is 1. The van der Waals surface area contributed by atoms with E-state index in [-0.39, 0.29) is 5.82 Å². The van der Waals surface area contributed by atoms with E-state index in [9.17, 15) is 4.39 Å². The predicted octanol–water partition coefficient (Wildman–Crippen LogP) is 3.86. The number of aryl methyl sites for hydroxylation is 1. The zero-order chi connectivity index (χ0) is 10.4. The average molecular weight is 286 g/mol. The molecule has 0 saturated heterocycles. The van der Waals surface area contributed by atoms with Gasteiger partial charge >= 0.3 is 0 Å². The lowest BCUT2D eigenvalue weighted by atomic mass is 10.1. The molecule has 0 bridgehead atoms. The summed E-state index contributed by atoms with van der Waals surface area (Å²) in [7, 11) is 0. The minimum atomic E-state index is -0.117. The Morgan fingerprint density at radius 1 is 1.40 bits per heavy atom. The Bertz CT molecular complexity index is 535. The number of H-pyrrole nitrogens is 1. The molecule has 0 aliphatic carbocycles. The number of nitrogens with one attached hydrogen (secondary N) is 1. The third-order valence-corrected chi connectivity index (χ3v) is 4.43. The van der Waals surface area contributed by atoms with Crippen LogP contribution in [0.15, 0.2) is 16.6 Å². The molecule has 1 N–H and O–H groups in total. The molecule has 3 rings (SSSR count). The van der Waals surface area contributed by atoms with Gasteiger partial charge in [-0.3, -0.25) is 0 Å². The number of aromatic amines is 1. The van der Waals surface area contributed by atoms with Crippen LogP contribution in [0.4, 0.5) is 4.39 Å². The SMILES string of the molecule is Fc1ccc(Br)c2[nH]c3c(c12)CSCC3. The summed E-state index contributed by atoms with van der Waals surface area (Å²) in [6.07, 6.45) is 1.01. The molecule has 4 heteroatoms. The molecule has 15 heavy (non-hydrogen) atoms. The van der Waals surface area contributed by atoms with Crippen molar-refractivity contribution in [3.63, 3.8) is 0 Å². The lowest BCUT2D eigenvalue weighted by Crippen LogP contribution is -2.00. The smallest absolute Gasteiger partial charge is 0.132 e. The summed E-state index contributed by atoms with van der Waals surface area (Å²) in [6, 6.07) is 3.28. The van der Waals surface area contributed by atoms with Crippen LogP contribution >= 0.6 is 27.7 Å². The van der Waals surface area contributed by atoms with Crippen molar-refractivity contribution in [1.82, 2.24) is 4.98 Å². The molecular weight excluding hydrogens is 277 g/mol. The van der Waals surface area contributed by atoms with E-state index in [1.807, 2.05) is 11.8 Å². The van der Waals surface area contributed by atoms with E-state index in [0.717, 1.165) is 38.9 Å². The highest BCUT2D eigenvalue weighted by Crippen LogP contribution is 2.35. The number of hydrogen-bond acceptors (Lipinski definition) is 1. The Balaban J connectivity index is 2.41. The topological polar surface area (TPSA) is 15.8 Å². The van der Waals surface area contributed by atoms with Crippen molar-refractivity contribution in [2.75, 3.05) is 5.75 Å². The minimum absolute atomic E-state index is 0.117. The van der Waals surface area contributed by atoms with E-state index in [0.29, 0.717) is 0 Å². The lowest BCUT2D eigenvalue weighted by Gasteiger charge is -2.10. The number of hydrogen-bond donors (Lipinski definition) is 1. The maximum atomic E-state index is 13.7. The molecule has 0 spiro atoms. The molecule has 78 valence electrons. The van der Waals surface area contributed by atoms with Gasteiger partial charge in [-0.15, -0.1) is 0 Å². The van der Waals surface area contributed by atoms with Gasteiger partial charge in [-0.05, 0) is 45.8 Å². The van der Waals surface area contributed by atoms with E-state index in [1.54, 1.807) is 6.07 Å². The fraction of sp³-hybridized carbons (Fsp3) is 0.273. The molecule has 0 fully saturated rings. The van der Waals surface area contributed by atoms with Gasteiger partial charge in [0.1, 0.15) is 5.82 Å². The van der Waals surface area contributed by atoms with E-state index in [4.69, 9.17) is 0 Å². The van der Waals surface area contributed by atoms with Crippen LogP contribution in [0.3, 0.4) is 0 Å². The highest BCUT2D eigenvalue weighted by molar-refractivity contribution is 9.10. The molecule has 2 aromatic rings. The molecule has 0 saturated carbocycles. The largest absolute Gasteiger partial charge is 0.357 e. The summed E-state index contributed by atoms with van der Waals surface area (Å²) in [5.74, 6) is 1.93. The van der Waals surface area contributed by atoms with Gasteiger partial charge in [-0.2, -0.15) is 11.8 Å². The molecule has 1 aromatic carbocycles. The van der Waals surface area contributed by atoms with Crippen LogP contribution in [0.5, 0.6) is 0 Å². The molecule has 0 atom stereocenters. The van der Waals surface area contributed by atoms with Crippen molar-refractivity contribution >= 4 is 38.6 Å². The monoisotopic (exact) mass is 285 g/mol. The summed E-state index contributed by atoms with van der Waals surface area (Å²) in [4.78, 5) is 3.32. The first-order chi connectivity index (χ1) is 7.27. The molecule has 1 aliphatic rings. The molecule has 0 unspecified atom stereocenters. The van der Waals surface area contributed by atoms with E-state index in [2.05, 4.69) is 20.9 Å². The van der Waals surface area contributed by atoms with E-state index < -0.39 is 0 Å². The maximum absolute atomic E-state index is 13.7. The van der Waals surface area contributed by atoms with Gasteiger partial charge in [0.15, 0.2) is 0 Å². The van der Waals surface area contributed by atoms with E-state index >= 15 is 0 Å². The molecular formula is C11H9BrFNS. The first kappa shape index (κ1) is 9.73. The van der Waals surface area contributed by atoms with Gasteiger partial charge in [0.05, 0.1) is 5.52 Å². The maximum Gasteiger partial charge on any atom is 0.132 e. The normalized spacial score (nSPS) is 15.6. The summed E-state index contributed by atoms with van der Waals surface area (Å²) < 4.78 is 14.7. The number of halogens is 2. The number of fused-ring (bicyclic) bond motifs is 3. The number of aromatic nitrogens is 1. The van der Waals surface area contributed by atoms with E-state index in [1.165, 1.54) is 11.8 Å². The third-order valence-electron chi connectivity index (χ3n) is 2.79. The molecule has 1 nitrogen and oxygen atoms in total. The van der Waals surface area contributed by atoms with Crippen molar-refractivity contribution in [3.05, 3.63) is 33.7 Å². The van der Waals surface area contributed by atoms with Crippen LogP contribution in [0, 0.1) is 5.82 Å². The zero-order valence-electron chi connectivity index (χ0n) is 7.94. The van der Waals surface area contributed by atoms with Crippen molar-refractivity contribution in [2.24, 2.45) is 0 Å². The van der Waals surface area contributed by atoms with Gasteiger partial charge in [0, 0.05) is 21.3 Å². The Hall–Kier alpha value is -0.480. The Labute approximate surface area is 99.6 Å². The van der Waals surface area contributed by atoms with Gasteiger partial charge in [0.25, 0.3) is 0 Å². The fourth-order valence-corrected chi connectivity index (χ4v) is 3.51. The second-order valence-electron chi connectivity index (χ2n) is 3.66. The number of thioether (sulfide) groups is 1. The summed E-state index contributed by atoms with van der Waals surface area (Å²) in [5, 5.41) is 0.770. The lowest BCUT2D eigenvalue weighted by molar-refractivity contribution is 0.639. The van der Waals surface area contributed by atoms with Crippen molar-refractivity contribution in [1.29, 1.82) is 0 Å². The summed E-state index contributed by atoms with van der Waals surface area (Å²) >= 11 is 5.32. The van der Waals surface area contributed by atoms with Crippen LogP contribution in [0.1, 0.15) is 11.3 Å². The molecule has 1 aliphatic heterocycles. The zero-order valence-corrected chi connectivity index (χ0v) is 10.3. The third kappa shape index (κ3) is 1.42. The van der Waals surface area contributed by atoms with Crippen LogP contribution in [0.2, 0.25) is 0 Å². The quantitative estimate of drug-likeness (QED) is 0.777. The second kappa shape index (κ2) is 3.52. The first-order valence-corrected chi connectivity index (χ1v) is 6.77. The van der Waals surface area contributed by atoms with Crippen LogP contribution < -0.4 is 0 Å². The highest BCUT2D eigenvalue weighted by Gasteiger charge is 2.19. The van der Waals surface area contributed by atoms with Crippen molar-refractivity contribution in [3.8, 4) is 0 Å². The van der Waals surface area contributed by atoms with Crippen molar-refractivity contribution in [2.45, 2.75) is 12.2 Å². The van der Waals surface area contributed by atoms with Crippen LogP contribution in [-0.2, 0) is 12.2 Å². The van der Waals surface area contributed by atoms with Gasteiger partial charge in [0.2, 0.25) is 0 Å². The molecule has 0 amide bonds. The number of rotatable bonds is 0. The second-order valence-corrected chi connectivity index (χ2v) is 5.62. The standard InChI is InChI=1S/C11H9BrFNS/c12-7-1-2-8(13)10-6-5-15-4-3-9(6)14-11(7)10/h1-2,14H,3-5H2. The Kier molecular flexibility index (Phi) is 2.29. The predicted molar refractivity (Wildman–Crippen MR) is 65.8 cm³/mol. The average Bonchev–Trinajstić information content (AvgIpc) is 2.64. The van der Waals surface area contributed by atoms with Gasteiger partial charge < -0.3 is 4.98 Å². The van der Waals surface area contributed by atoms with Crippen molar-refractivity contribution < 1.29 is 4.39 Å². The molecule has 1 aromatic heterocycles. The fourth-order valence-electron chi connectivity index (χ4n) is 2.07. The highest BCUT2D eigenvalue weighted by atomic mass is 79.9. The minimum Gasteiger partial charge on any atom is -0.357 e. The van der Waals surface area contributed by atoms with Crippen LogP contribution in [-0.4, -0.2) is 10.7 Å². The van der Waals surface area contributed by atoms with Gasteiger partial charge in [-0.25, -0.2) is 4.39 Å². The Morgan fingerprint density at radius 2 is 2.27 bits per heavy atom. The summed E-state index contributed by atoms with van der Waals surface area (Å²) in [6.45, 7) is 0.